The first-order chi connectivity index (χ1) is 11.4. The van der Waals surface area contributed by atoms with Crippen molar-refractivity contribution >= 4 is 12.3 Å². The van der Waals surface area contributed by atoms with Crippen LogP contribution >= 0.6 is 0 Å². The Bertz CT molecular complexity index is 650. The first-order valence-electron chi connectivity index (χ1n) is 9.10. The quantitative estimate of drug-likeness (QED) is 0.434. The highest BCUT2D eigenvalue weighted by Gasteiger charge is 2.47. The van der Waals surface area contributed by atoms with Crippen LogP contribution in [0.5, 0.6) is 0 Å². The predicted octanol–water partition coefficient (Wildman–Crippen LogP) is 4.54. The molecule has 1 saturated carbocycles. The van der Waals surface area contributed by atoms with E-state index in [9.17, 15) is 9.59 Å². The molecule has 3 nitrogen and oxygen atoms in total. The van der Waals surface area contributed by atoms with Crippen molar-refractivity contribution in [2.75, 3.05) is 0 Å². The minimum Gasteiger partial charge on any atom is -0.458 e. The fourth-order valence-corrected chi connectivity index (χ4v) is 4.86. The molecule has 0 saturated heterocycles. The van der Waals surface area contributed by atoms with E-state index in [-0.39, 0.29) is 17.5 Å². The lowest BCUT2D eigenvalue weighted by molar-refractivity contribution is -0.145. The molecule has 24 heavy (non-hydrogen) atoms. The van der Waals surface area contributed by atoms with E-state index in [1.54, 1.807) is 0 Å². The van der Waals surface area contributed by atoms with Crippen LogP contribution in [0.2, 0.25) is 0 Å². The van der Waals surface area contributed by atoms with Gasteiger partial charge in [0.05, 0.1) is 0 Å². The molecule has 0 aromatic rings. The van der Waals surface area contributed by atoms with E-state index in [4.69, 9.17) is 4.74 Å². The number of ether oxygens (including phenoxy) is 1. The summed E-state index contributed by atoms with van der Waals surface area (Å²) >= 11 is 0. The summed E-state index contributed by atoms with van der Waals surface area (Å²) in [6, 6.07) is 0. The van der Waals surface area contributed by atoms with Crippen molar-refractivity contribution in [3.05, 3.63) is 34.4 Å². The lowest BCUT2D eigenvalue weighted by atomic mass is 9.70. The number of hydrogen-bond acceptors (Lipinski definition) is 3. The van der Waals surface area contributed by atoms with Gasteiger partial charge in [0, 0.05) is 6.92 Å². The number of fused-ring (bicyclic) bond motifs is 2. The molecule has 3 atom stereocenters. The van der Waals surface area contributed by atoms with Crippen molar-refractivity contribution < 1.29 is 14.3 Å². The maximum Gasteiger partial charge on any atom is 0.303 e. The second-order valence-electron chi connectivity index (χ2n) is 8.10. The minimum atomic E-state index is -0.241. The van der Waals surface area contributed by atoms with Crippen LogP contribution in [-0.2, 0) is 14.3 Å². The Morgan fingerprint density at radius 2 is 2.12 bits per heavy atom. The van der Waals surface area contributed by atoms with Gasteiger partial charge in [-0.15, -0.1) is 0 Å². The third-order valence-corrected chi connectivity index (χ3v) is 6.06. The van der Waals surface area contributed by atoms with Crippen LogP contribution in [0.15, 0.2) is 34.4 Å². The summed E-state index contributed by atoms with van der Waals surface area (Å²) in [5, 5.41) is 0. The number of carbonyl (C=O) groups excluding carboxylic acids is 2. The highest BCUT2D eigenvalue weighted by molar-refractivity contribution is 5.78. The zero-order chi connectivity index (χ0) is 17.5. The summed E-state index contributed by atoms with van der Waals surface area (Å²) < 4.78 is 5.73. The van der Waals surface area contributed by atoms with Crippen LogP contribution in [0.25, 0.3) is 0 Å². The third-order valence-electron chi connectivity index (χ3n) is 6.06. The van der Waals surface area contributed by atoms with Gasteiger partial charge in [-0.3, -0.25) is 9.59 Å². The molecule has 1 fully saturated rings. The van der Waals surface area contributed by atoms with E-state index in [0.717, 1.165) is 55.1 Å². The number of esters is 1. The van der Waals surface area contributed by atoms with Crippen molar-refractivity contribution in [2.45, 2.75) is 65.9 Å². The standard InChI is InChI=1S/C21H28O3/c1-13(2)16-8-9-21(4)11-18-15(12-22)6-5-7-17(18)20(10-19(16)21)24-14(3)23/h7-8,12-13,19-20H,5-6,9-11H2,1-4H3/t19-,20+,21+/m0/s1. The molecule has 0 aromatic carbocycles. The molecule has 0 bridgehead atoms. The van der Waals surface area contributed by atoms with Gasteiger partial charge in [-0.05, 0) is 66.1 Å². The SMILES string of the molecule is CC(=O)O[C@@H]1C[C@H]2C(C(C)C)=CC[C@]2(C)CC2=C(C=O)CCC=C21. The average Bonchev–Trinajstić information content (AvgIpc) is 2.77. The van der Waals surface area contributed by atoms with Gasteiger partial charge in [-0.1, -0.05) is 38.5 Å². The average molecular weight is 328 g/mol. The van der Waals surface area contributed by atoms with Crippen molar-refractivity contribution in [2.24, 2.45) is 17.3 Å². The van der Waals surface area contributed by atoms with Gasteiger partial charge < -0.3 is 4.74 Å². The van der Waals surface area contributed by atoms with Gasteiger partial charge in [0.25, 0.3) is 0 Å². The Labute approximate surface area is 144 Å². The van der Waals surface area contributed by atoms with Crippen LogP contribution < -0.4 is 0 Å². The zero-order valence-corrected chi connectivity index (χ0v) is 15.2. The summed E-state index contributed by atoms with van der Waals surface area (Å²) in [6.07, 6.45) is 9.82. The van der Waals surface area contributed by atoms with Gasteiger partial charge in [0.15, 0.2) is 0 Å². The van der Waals surface area contributed by atoms with E-state index in [1.165, 1.54) is 12.5 Å². The van der Waals surface area contributed by atoms with Gasteiger partial charge in [0.2, 0.25) is 0 Å². The van der Waals surface area contributed by atoms with Crippen molar-refractivity contribution in [3.8, 4) is 0 Å². The first kappa shape index (κ1) is 17.2. The maximum absolute atomic E-state index is 11.7. The van der Waals surface area contributed by atoms with Crippen LogP contribution in [-0.4, -0.2) is 18.4 Å². The predicted molar refractivity (Wildman–Crippen MR) is 94.3 cm³/mol. The third kappa shape index (κ3) is 2.89. The fourth-order valence-electron chi connectivity index (χ4n) is 4.86. The van der Waals surface area contributed by atoms with Crippen LogP contribution in [0.1, 0.15) is 59.8 Å². The van der Waals surface area contributed by atoms with Crippen LogP contribution in [0.4, 0.5) is 0 Å². The molecule has 3 rings (SSSR count). The minimum absolute atomic E-state index is 0.120. The van der Waals surface area contributed by atoms with E-state index >= 15 is 0 Å². The molecule has 0 N–H and O–H groups in total. The highest BCUT2D eigenvalue weighted by Crippen LogP contribution is 2.56. The molecule has 0 radical (unpaired) electrons. The topological polar surface area (TPSA) is 43.4 Å². The molecule has 3 aliphatic carbocycles. The monoisotopic (exact) mass is 328 g/mol. The Morgan fingerprint density at radius 3 is 2.75 bits per heavy atom. The van der Waals surface area contributed by atoms with Crippen LogP contribution in [0, 0.1) is 17.3 Å². The van der Waals surface area contributed by atoms with E-state index < -0.39 is 0 Å². The molecule has 0 aromatic heterocycles. The summed E-state index contributed by atoms with van der Waals surface area (Å²) in [4.78, 5) is 23.3. The number of rotatable bonds is 3. The Hall–Kier alpha value is -1.64. The molecule has 130 valence electrons. The summed E-state index contributed by atoms with van der Waals surface area (Å²) in [6.45, 7) is 8.30. The maximum atomic E-state index is 11.7. The molecule has 0 amide bonds. The molecule has 3 heteroatoms. The van der Waals surface area contributed by atoms with Gasteiger partial charge in [0.1, 0.15) is 12.4 Å². The van der Waals surface area contributed by atoms with Gasteiger partial charge in [-0.25, -0.2) is 0 Å². The lowest BCUT2D eigenvalue weighted by Crippen LogP contribution is -2.28. The first-order valence-corrected chi connectivity index (χ1v) is 9.10. The summed E-state index contributed by atoms with van der Waals surface area (Å²) in [5.74, 6) is 0.673. The molecule has 0 aliphatic heterocycles. The second kappa shape index (κ2) is 6.34. The van der Waals surface area contributed by atoms with Gasteiger partial charge >= 0.3 is 5.97 Å². The smallest absolute Gasteiger partial charge is 0.303 e. The van der Waals surface area contributed by atoms with Crippen LogP contribution in [0.3, 0.4) is 0 Å². The molecular formula is C21H28O3. The Balaban J connectivity index is 2.07. The number of carbonyl (C=O) groups is 2. The van der Waals surface area contributed by atoms with Crippen molar-refractivity contribution in [1.82, 2.24) is 0 Å². The normalized spacial score (nSPS) is 32.5. The number of allylic oxidation sites excluding steroid dienone is 4. The molecule has 0 spiro atoms. The van der Waals surface area contributed by atoms with Crippen molar-refractivity contribution in [1.29, 1.82) is 0 Å². The largest absolute Gasteiger partial charge is 0.458 e. The molecule has 0 unspecified atom stereocenters. The van der Waals surface area contributed by atoms with E-state index in [1.807, 2.05) is 0 Å². The summed E-state index contributed by atoms with van der Waals surface area (Å²) in [5.41, 5.74) is 4.75. The number of hydrogen-bond donors (Lipinski definition) is 0. The Kier molecular flexibility index (Phi) is 4.54. The zero-order valence-electron chi connectivity index (χ0n) is 15.2. The molecular weight excluding hydrogens is 300 g/mol. The fraction of sp³-hybridized carbons (Fsp3) is 0.619. The summed E-state index contributed by atoms with van der Waals surface area (Å²) in [7, 11) is 0. The van der Waals surface area contributed by atoms with E-state index in [0.29, 0.717) is 11.8 Å². The Morgan fingerprint density at radius 1 is 1.38 bits per heavy atom. The molecule has 0 heterocycles. The number of aldehydes is 1. The highest BCUT2D eigenvalue weighted by atomic mass is 16.5. The molecule has 3 aliphatic rings. The van der Waals surface area contributed by atoms with Gasteiger partial charge in [-0.2, -0.15) is 0 Å². The lowest BCUT2D eigenvalue weighted by Gasteiger charge is -2.34. The second-order valence-corrected chi connectivity index (χ2v) is 8.10. The van der Waals surface area contributed by atoms with E-state index in [2.05, 4.69) is 32.9 Å². The van der Waals surface area contributed by atoms with Crippen molar-refractivity contribution in [3.63, 3.8) is 0 Å².